The minimum Gasteiger partial charge on any atom is -0.336 e. The predicted molar refractivity (Wildman–Crippen MR) is 69.1 cm³/mol. The Labute approximate surface area is 107 Å². The summed E-state index contributed by atoms with van der Waals surface area (Å²) in [6.45, 7) is 3.43. The maximum Gasteiger partial charge on any atom is 0.255 e. The Morgan fingerprint density at radius 3 is 2.82 bits per heavy atom. The third kappa shape index (κ3) is 2.45. The molecule has 1 saturated heterocycles. The van der Waals surface area contributed by atoms with Crippen LogP contribution in [-0.2, 0) is 0 Å². The summed E-state index contributed by atoms with van der Waals surface area (Å²) in [5.74, 6) is 0.426. The molecule has 17 heavy (non-hydrogen) atoms. The van der Waals surface area contributed by atoms with Gasteiger partial charge in [0, 0.05) is 12.6 Å². The second kappa shape index (κ2) is 5.07. The highest BCUT2D eigenvalue weighted by molar-refractivity contribution is 6.33. The highest BCUT2D eigenvalue weighted by atomic mass is 35.5. The Morgan fingerprint density at radius 2 is 2.24 bits per heavy atom. The van der Waals surface area contributed by atoms with Crippen LogP contribution in [0.4, 0.5) is 0 Å². The van der Waals surface area contributed by atoms with E-state index in [0.29, 0.717) is 23.0 Å². The van der Waals surface area contributed by atoms with Crippen LogP contribution in [0.15, 0.2) is 24.3 Å². The summed E-state index contributed by atoms with van der Waals surface area (Å²) in [5, 5.41) is 0.515. The Kier molecular flexibility index (Phi) is 3.69. The van der Waals surface area contributed by atoms with Crippen LogP contribution < -0.4 is 5.73 Å². The minimum absolute atomic E-state index is 0.0130. The third-order valence-corrected chi connectivity index (χ3v) is 3.69. The maximum atomic E-state index is 12.3. The van der Waals surface area contributed by atoms with Crippen LogP contribution in [0.1, 0.15) is 23.7 Å². The molecule has 1 amide bonds. The van der Waals surface area contributed by atoms with Crippen LogP contribution >= 0.6 is 11.6 Å². The second-order valence-corrected chi connectivity index (χ2v) is 5.03. The van der Waals surface area contributed by atoms with E-state index < -0.39 is 0 Å². The summed E-state index contributed by atoms with van der Waals surface area (Å²) in [4.78, 5) is 14.2. The normalized spacial score (nSPS) is 24.1. The molecule has 0 saturated carbocycles. The van der Waals surface area contributed by atoms with Crippen molar-refractivity contribution in [3.05, 3.63) is 34.9 Å². The molecule has 0 radical (unpaired) electrons. The van der Waals surface area contributed by atoms with Crippen molar-refractivity contribution in [3.63, 3.8) is 0 Å². The zero-order valence-corrected chi connectivity index (χ0v) is 10.7. The van der Waals surface area contributed by atoms with Crippen molar-refractivity contribution >= 4 is 17.5 Å². The lowest BCUT2D eigenvalue weighted by Gasteiger charge is -2.22. The van der Waals surface area contributed by atoms with Crippen molar-refractivity contribution in [3.8, 4) is 0 Å². The molecule has 0 bridgehead atoms. The van der Waals surface area contributed by atoms with E-state index in [1.54, 1.807) is 12.1 Å². The average Bonchev–Trinajstić information content (AvgIpc) is 2.70. The molecule has 3 nitrogen and oxygen atoms in total. The predicted octanol–water partition coefficient (Wildman–Crippen LogP) is 2.15. The summed E-state index contributed by atoms with van der Waals surface area (Å²) < 4.78 is 0. The number of likely N-dealkylation sites (tertiary alicyclic amines) is 1. The quantitative estimate of drug-likeness (QED) is 0.877. The highest BCUT2D eigenvalue weighted by Crippen LogP contribution is 2.26. The molecular formula is C13H17ClN2O. The van der Waals surface area contributed by atoms with E-state index in [1.807, 2.05) is 17.0 Å². The van der Waals surface area contributed by atoms with E-state index in [-0.39, 0.29) is 11.9 Å². The topological polar surface area (TPSA) is 46.3 Å². The summed E-state index contributed by atoms with van der Waals surface area (Å²) in [6.07, 6.45) is 0.979. The Hall–Kier alpha value is -1.06. The molecule has 1 aromatic rings. The first-order valence-electron chi connectivity index (χ1n) is 5.89. The van der Waals surface area contributed by atoms with Gasteiger partial charge < -0.3 is 10.6 Å². The average molecular weight is 253 g/mol. The number of amides is 1. The molecule has 92 valence electrons. The fourth-order valence-corrected chi connectivity index (χ4v) is 2.60. The van der Waals surface area contributed by atoms with Crippen molar-refractivity contribution in [1.82, 2.24) is 4.90 Å². The number of hydrogen-bond donors (Lipinski definition) is 1. The molecule has 1 aromatic carbocycles. The molecule has 1 fully saturated rings. The molecule has 2 atom stereocenters. The molecule has 2 unspecified atom stereocenters. The molecule has 2 N–H and O–H groups in total. The molecule has 4 heteroatoms. The zero-order chi connectivity index (χ0) is 12.4. The van der Waals surface area contributed by atoms with Crippen LogP contribution in [-0.4, -0.2) is 29.9 Å². The second-order valence-electron chi connectivity index (χ2n) is 4.62. The van der Waals surface area contributed by atoms with Crippen molar-refractivity contribution in [1.29, 1.82) is 0 Å². The molecule has 0 spiro atoms. The molecule has 0 aromatic heterocycles. The van der Waals surface area contributed by atoms with Crippen molar-refractivity contribution in [2.75, 3.05) is 13.1 Å². The molecule has 2 rings (SSSR count). The lowest BCUT2D eigenvalue weighted by atomic mass is 10.1. The zero-order valence-electron chi connectivity index (χ0n) is 9.90. The van der Waals surface area contributed by atoms with Crippen LogP contribution in [0, 0.1) is 5.92 Å². The minimum atomic E-state index is 0.0130. The van der Waals surface area contributed by atoms with E-state index in [1.165, 1.54) is 0 Å². The number of carbonyl (C=O) groups excluding carboxylic acids is 1. The Balaban J connectivity index is 2.19. The first-order valence-corrected chi connectivity index (χ1v) is 6.27. The number of nitrogens with zero attached hydrogens (tertiary/aromatic N) is 1. The van der Waals surface area contributed by atoms with Gasteiger partial charge in [-0.3, -0.25) is 4.79 Å². The van der Waals surface area contributed by atoms with Gasteiger partial charge >= 0.3 is 0 Å². The molecule has 0 aliphatic carbocycles. The van der Waals surface area contributed by atoms with Gasteiger partial charge in [-0.25, -0.2) is 0 Å². The molecular weight excluding hydrogens is 236 g/mol. The maximum absolute atomic E-state index is 12.3. The fraction of sp³-hybridized carbons (Fsp3) is 0.462. The summed E-state index contributed by atoms with van der Waals surface area (Å²) in [6, 6.07) is 7.42. The van der Waals surface area contributed by atoms with Gasteiger partial charge in [0.25, 0.3) is 5.91 Å². The molecule has 1 aliphatic rings. The fourth-order valence-electron chi connectivity index (χ4n) is 2.39. The smallest absolute Gasteiger partial charge is 0.255 e. The first kappa shape index (κ1) is 12.4. The molecule has 1 aliphatic heterocycles. The largest absolute Gasteiger partial charge is 0.336 e. The van der Waals surface area contributed by atoms with E-state index in [0.717, 1.165) is 13.0 Å². The van der Waals surface area contributed by atoms with E-state index in [2.05, 4.69) is 6.92 Å². The lowest BCUT2D eigenvalue weighted by molar-refractivity contribution is 0.0743. The van der Waals surface area contributed by atoms with Gasteiger partial charge in [-0.15, -0.1) is 0 Å². The van der Waals surface area contributed by atoms with Crippen molar-refractivity contribution in [2.24, 2.45) is 11.7 Å². The van der Waals surface area contributed by atoms with E-state index >= 15 is 0 Å². The number of halogens is 1. The van der Waals surface area contributed by atoms with Gasteiger partial charge in [0.05, 0.1) is 10.6 Å². The third-order valence-electron chi connectivity index (χ3n) is 3.36. The monoisotopic (exact) mass is 252 g/mol. The molecule has 1 heterocycles. The van der Waals surface area contributed by atoms with Gasteiger partial charge in [0.15, 0.2) is 0 Å². The Morgan fingerprint density at radius 1 is 1.53 bits per heavy atom. The number of nitrogens with two attached hydrogens (primary N) is 1. The van der Waals surface area contributed by atoms with Gasteiger partial charge in [-0.05, 0) is 37.9 Å². The van der Waals surface area contributed by atoms with Gasteiger partial charge in [-0.1, -0.05) is 23.7 Å². The van der Waals surface area contributed by atoms with E-state index in [9.17, 15) is 4.79 Å². The summed E-state index contributed by atoms with van der Waals surface area (Å²) in [5.41, 5.74) is 6.25. The van der Waals surface area contributed by atoms with Gasteiger partial charge in [-0.2, -0.15) is 0 Å². The standard InChI is InChI=1S/C13H17ClN2O/c1-9-6-10(7-15)8-16(9)13(17)11-4-2-3-5-12(11)14/h2-5,9-10H,6-8,15H2,1H3. The Bertz CT molecular complexity index is 422. The van der Waals surface area contributed by atoms with Crippen molar-refractivity contribution < 1.29 is 4.79 Å². The summed E-state index contributed by atoms with van der Waals surface area (Å²) in [7, 11) is 0. The number of rotatable bonds is 2. The number of carbonyl (C=O) groups is 1. The van der Waals surface area contributed by atoms with Gasteiger partial charge in [0.2, 0.25) is 0 Å². The van der Waals surface area contributed by atoms with Gasteiger partial charge in [0.1, 0.15) is 0 Å². The van der Waals surface area contributed by atoms with Crippen LogP contribution in [0.25, 0.3) is 0 Å². The lowest BCUT2D eigenvalue weighted by Crippen LogP contribution is -2.34. The van der Waals surface area contributed by atoms with E-state index in [4.69, 9.17) is 17.3 Å². The number of benzene rings is 1. The van der Waals surface area contributed by atoms with Crippen molar-refractivity contribution in [2.45, 2.75) is 19.4 Å². The van der Waals surface area contributed by atoms with Crippen LogP contribution in [0.3, 0.4) is 0 Å². The summed E-state index contributed by atoms with van der Waals surface area (Å²) >= 11 is 6.04. The highest BCUT2D eigenvalue weighted by Gasteiger charge is 2.32. The van der Waals surface area contributed by atoms with Crippen LogP contribution in [0.5, 0.6) is 0 Å². The first-order chi connectivity index (χ1) is 8.13. The SMILES string of the molecule is CC1CC(CN)CN1C(=O)c1ccccc1Cl. The van der Waals surface area contributed by atoms with Crippen LogP contribution in [0.2, 0.25) is 5.02 Å². The number of hydrogen-bond acceptors (Lipinski definition) is 2.